The van der Waals surface area contributed by atoms with Crippen LogP contribution in [0.25, 0.3) is 11.3 Å². The van der Waals surface area contributed by atoms with Gasteiger partial charge in [-0.05, 0) is 42.5 Å². The zero-order chi connectivity index (χ0) is 31.2. The highest BCUT2D eigenvalue weighted by Gasteiger charge is 2.38. The number of nitrogens with one attached hydrogen (secondary N) is 1. The Morgan fingerprint density at radius 3 is 1.88 bits per heavy atom. The zero-order valence-electron chi connectivity index (χ0n) is 22.4. The van der Waals surface area contributed by atoms with Gasteiger partial charge < -0.3 is 29.7 Å². The molecule has 0 amide bonds. The highest BCUT2D eigenvalue weighted by molar-refractivity contribution is 5.73. The fourth-order valence-electron chi connectivity index (χ4n) is 4.25. The fourth-order valence-corrected chi connectivity index (χ4v) is 4.25. The van der Waals surface area contributed by atoms with E-state index in [0.717, 1.165) is 37.1 Å². The summed E-state index contributed by atoms with van der Waals surface area (Å²) in [4.78, 5) is 21.1. The number of alkyl halides is 6. The summed E-state index contributed by atoms with van der Waals surface area (Å²) in [6, 6.07) is 11.1. The van der Waals surface area contributed by atoms with Crippen LogP contribution < -0.4 is 15.1 Å². The first-order chi connectivity index (χ1) is 20.3. The molecule has 2 fully saturated rings. The van der Waals surface area contributed by atoms with Crippen molar-refractivity contribution >= 4 is 29.0 Å². The van der Waals surface area contributed by atoms with E-state index in [9.17, 15) is 30.7 Å². The molecule has 0 atom stereocenters. The van der Waals surface area contributed by atoms with Gasteiger partial charge in [0.25, 0.3) is 0 Å². The van der Waals surface area contributed by atoms with Crippen molar-refractivity contribution in [3.05, 3.63) is 60.0 Å². The number of benzene rings is 2. The quantitative estimate of drug-likeness (QED) is 0.367. The van der Waals surface area contributed by atoms with Crippen molar-refractivity contribution in [2.45, 2.75) is 12.4 Å². The van der Waals surface area contributed by atoms with Crippen molar-refractivity contribution in [3.8, 4) is 11.3 Å². The van der Waals surface area contributed by atoms with E-state index >= 15 is 0 Å². The number of carboxylic acid groups (broad SMARTS) is 1. The van der Waals surface area contributed by atoms with E-state index in [1.54, 1.807) is 4.90 Å². The lowest BCUT2D eigenvalue weighted by Crippen LogP contribution is -2.36. The number of nitrogens with zero attached hydrogens (tertiary/aromatic N) is 4. The van der Waals surface area contributed by atoms with E-state index in [0.29, 0.717) is 50.9 Å². The Morgan fingerprint density at radius 1 is 0.837 bits per heavy atom. The fraction of sp³-hybridized carbons (Fsp3) is 0.370. The number of rotatable bonds is 5. The molecule has 0 saturated carbocycles. The number of carboxylic acids is 1. The standard InChI is InChI=1S/C25H25F4N5O2.C2HF3O2/c26-22-16-30-24(31-19-1-3-20(4-2-19)33-5-9-35-10-6-33)32-23(22)17-13-18(25(27,28)29)15-21(14-17)34-7-11-36-12-8-34;3-2(4,5)1(6)7/h1-4,13-16H,5-12H2,(H,30,31,32);(H,6,7). The monoisotopic (exact) mass is 617 g/mol. The van der Waals surface area contributed by atoms with E-state index in [1.807, 2.05) is 24.3 Å². The van der Waals surface area contributed by atoms with Gasteiger partial charge in [-0.1, -0.05) is 0 Å². The number of aromatic nitrogens is 2. The van der Waals surface area contributed by atoms with Gasteiger partial charge in [-0.25, -0.2) is 19.2 Å². The highest BCUT2D eigenvalue weighted by Crippen LogP contribution is 2.36. The molecule has 1 aromatic heterocycles. The molecule has 2 aliphatic heterocycles. The van der Waals surface area contributed by atoms with Gasteiger partial charge in [0.15, 0.2) is 5.82 Å². The lowest BCUT2D eigenvalue weighted by atomic mass is 10.0. The summed E-state index contributed by atoms with van der Waals surface area (Å²) in [5.41, 5.74) is 1.00. The second-order valence-electron chi connectivity index (χ2n) is 9.33. The van der Waals surface area contributed by atoms with Crippen molar-refractivity contribution in [1.82, 2.24) is 9.97 Å². The van der Waals surface area contributed by atoms with Gasteiger partial charge in [-0.3, -0.25) is 0 Å². The number of aliphatic carboxylic acids is 1. The third-order valence-corrected chi connectivity index (χ3v) is 6.38. The molecule has 0 aliphatic carbocycles. The molecule has 16 heteroatoms. The first-order valence-corrected chi connectivity index (χ1v) is 12.9. The Balaban J connectivity index is 0.000000541. The Kier molecular flexibility index (Phi) is 9.91. The number of ether oxygens (including phenoxy) is 2. The number of anilines is 4. The van der Waals surface area contributed by atoms with E-state index in [1.165, 1.54) is 6.07 Å². The summed E-state index contributed by atoms with van der Waals surface area (Å²) in [6.45, 7) is 4.67. The Hall–Kier alpha value is -4.18. The maximum Gasteiger partial charge on any atom is 0.490 e. The average Bonchev–Trinajstić information content (AvgIpc) is 2.98. The number of hydrogen-bond acceptors (Lipinski definition) is 8. The largest absolute Gasteiger partial charge is 0.490 e. The lowest BCUT2D eigenvalue weighted by Gasteiger charge is -2.29. The molecule has 2 saturated heterocycles. The predicted molar refractivity (Wildman–Crippen MR) is 142 cm³/mol. The van der Waals surface area contributed by atoms with Gasteiger partial charge in [0.1, 0.15) is 5.69 Å². The van der Waals surface area contributed by atoms with E-state index in [4.69, 9.17) is 19.4 Å². The summed E-state index contributed by atoms with van der Waals surface area (Å²) in [5, 5.41) is 10.1. The molecule has 0 spiro atoms. The number of carbonyl (C=O) groups is 1. The molecule has 3 aromatic rings. The number of morpholine rings is 2. The molecule has 3 heterocycles. The van der Waals surface area contributed by atoms with Crippen molar-refractivity contribution in [3.63, 3.8) is 0 Å². The molecule has 9 nitrogen and oxygen atoms in total. The van der Waals surface area contributed by atoms with Gasteiger partial charge in [0.05, 0.1) is 38.2 Å². The molecule has 232 valence electrons. The minimum absolute atomic E-state index is 0.0249. The van der Waals surface area contributed by atoms with Crippen molar-refractivity contribution in [2.24, 2.45) is 0 Å². The number of halogens is 7. The summed E-state index contributed by atoms with van der Waals surface area (Å²) >= 11 is 0. The van der Waals surface area contributed by atoms with Gasteiger partial charge >= 0.3 is 18.3 Å². The van der Waals surface area contributed by atoms with E-state index in [-0.39, 0.29) is 17.2 Å². The molecule has 0 radical (unpaired) electrons. The molecule has 5 rings (SSSR count). The van der Waals surface area contributed by atoms with Crippen LogP contribution in [0.3, 0.4) is 0 Å². The van der Waals surface area contributed by atoms with Crippen molar-refractivity contribution in [2.75, 3.05) is 67.7 Å². The molecule has 43 heavy (non-hydrogen) atoms. The summed E-state index contributed by atoms with van der Waals surface area (Å²) in [7, 11) is 0. The molecular formula is C27H26F7N5O4. The molecule has 2 aliphatic rings. The van der Waals surface area contributed by atoms with Crippen LogP contribution in [0.15, 0.2) is 48.7 Å². The van der Waals surface area contributed by atoms with Crippen LogP contribution >= 0.6 is 0 Å². The van der Waals surface area contributed by atoms with E-state index in [2.05, 4.69) is 20.2 Å². The first kappa shape index (κ1) is 31.7. The Bertz CT molecular complexity index is 1390. The van der Waals surface area contributed by atoms with Crippen LogP contribution in [0.2, 0.25) is 0 Å². The van der Waals surface area contributed by atoms with Crippen LogP contribution in [-0.2, 0) is 20.4 Å². The number of hydrogen-bond donors (Lipinski definition) is 2. The van der Waals surface area contributed by atoms with Crippen LogP contribution in [0, 0.1) is 5.82 Å². The van der Waals surface area contributed by atoms with E-state index < -0.39 is 29.7 Å². The third-order valence-electron chi connectivity index (χ3n) is 6.38. The topological polar surface area (TPSA) is 100 Å². The zero-order valence-corrected chi connectivity index (χ0v) is 22.4. The smallest absolute Gasteiger partial charge is 0.475 e. The summed E-state index contributed by atoms with van der Waals surface area (Å²) in [6.07, 6.45) is -8.72. The lowest BCUT2D eigenvalue weighted by molar-refractivity contribution is -0.192. The highest BCUT2D eigenvalue weighted by atomic mass is 19.4. The van der Waals surface area contributed by atoms with Crippen LogP contribution in [0.4, 0.5) is 53.7 Å². The second kappa shape index (κ2) is 13.4. The van der Waals surface area contributed by atoms with Gasteiger partial charge in [0, 0.05) is 48.8 Å². The van der Waals surface area contributed by atoms with Gasteiger partial charge in [0.2, 0.25) is 5.95 Å². The predicted octanol–water partition coefficient (Wildman–Crippen LogP) is 5.35. The van der Waals surface area contributed by atoms with Crippen LogP contribution in [0.1, 0.15) is 5.56 Å². The maximum absolute atomic E-state index is 14.8. The third kappa shape index (κ3) is 8.67. The molecular weight excluding hydrogens is 591 g/mol. The van der Waals surface area contributed by atoms with Crippen molar-refractivity contribution in [1.29, 1.82) is 0 Å². The van der Waals surface area contributed by atoms with Gasteiger partial charge in [-0.15, -0.1) is 0 Å². The average molecular weight is 618 g/mol. The molecule has 0 unspecified atom stereocenters. The molecule has 0 bridgehead atoms. The summed E-state index contributed by atoms with van der Waals surface area (Å²) in [5.74, 6) is -3.49. The molecule has 2 N–H and O–H groups in total. The maximum atomic E-state index is 14.8. The minimum atomic E-state index is -5.08. The van der Waals surface area contributed by atoms with Crippen LogP contribution in [0.5, 0.6) is 0 Å². The Morgan fingerprint density at radius 2 is 1.37 bits per heavy atom. The molecule has 2 aromatic carbocycles. The SMILES string of the molecule is Fc1cnc(Nc2ccc(N3CCOCC3)cc2)nc1-c1cc(N2CCOCC2)cc(C(F)(F)F)c1.O=C(O)C(F)(F)F. The summed E-state index contributed by atoms with van der Waals surface area (Å²) < 4.78 is 98.2. The second-order valence-corrected chi connectivity index (χ2v) is 9.33. The van der Waals surface area contributed by atoms with Crippen molar-refractivity contribution < 1.29 is 50.1 Å². The Labute approximate surface area is 240 Å². The van der Waals surface area contributed by atoms with Gasteiger partial charge in [-0.2, -0.15) is 26.3 Å². The first-order valence-electron chi connectivity index (χ1n) is 12.9. The minimum Gasteiger partial charge on any atom is -0.475 e. The van der Waals surface area contributed by atoms with Crippen LogP contribution in [-0.4, -0.2) is 79.8 Å². The normalized spacial score (nSPS) is 15.9.